The smallest absolute Gasteiger partial charge is 0.132 e. The van der Waals surface area contributed by atoms with Gasteiger partial charge in [-0.15, -0.1) is 0 Å². The van der Waals surface area contributed by atoms with E-state index in [2.05, 4.69) is 15.3 Å². The maximum atomic E-state index is 13.8. The van der Waals surface area contributed by atoms with Crippen LogP contribution in [0, 0.1) is 11.6 Å². The maximum Gasteiger partial charge on any atom is 0.132 e. The van der Waals surface area contributed by atoms with Gasteiger partial charge < -0.3 is 5.32 Å². The molecule has 0 fully saturated rings. The fourth-order valence-corrected chi connectivity index (χ4v) is 1.83. The first-order valence-electron chi connectivity index (χ1n) is 6.71. The Morgan fingerprint density at radius 1 is 1.10 bits per heavy atom. The summed E-state index contributed by atoms with van der Waals surface area (Å²) in [5.74, 6) is 0.261. The quantitative estimate of drug-likeness (QED) is 0.903. The van der Waals surface area contributed by atoms with Gasteiger partial charge in [0.2, 0.25) is 0 Å². The molecule has 0 radical (unpaired) electrons. The number of nitrogens with one attached hydrogen (secondary N) is 1. The van der Waals surface area contributed by atoms with Crippen molar-refractivity contribution in [2.45, 2.75) is 26.7 Å². The predicted octanol–water partition coefficient (Wildman–Crippen LogP) is 3.81. The van der Waals surface area contributed by atoms with E-state index in [1.54, 1.807) is 6.07 Å². The van der Waals surface area contributed by atoms with Gasteiger partial charge in [-0.05, 0) is 24.6 Å². The van der Waals surface area contributed by atoms with Gasteiger partial charge in [0.25, 0.3) is 0 Å². The molecule has 0 aliphatic heterocycles. The SMILES string of the molecule is CCCNc1cc(-c2cc(F)ccc2F)nc(CC)n1. The first kappa shape index (κ1) is 14.4. The fourth-order valence-electron chi connectivity index (χ4n) is 1.83. The fraction of sp³-hybridized carbons (Fsp3) is 0.333. The van der Waals surface area contributed by atoms with Crippen LogP contribution in [-0.2, 0) is 6.42 Å². The molecule has 1 aromatic carbocycles. The van der Waals surface area contributed by atoms with Crippen molar-refractivity contribution in [2.24, 2.45) is 0 Å². The van der Waals surface area contributed by atoms with Crippen LogP contribution in [0.15, 0.2) is 24.3 Å². The van der Waals surface area contributed by atoms with Crippen molar-refractivity contribution in [2.75, 3.05) is 11.9 Å². The summed E-state index contributed by atoms with van der Waals surface area (Å²) in [6, 6.07) is 5.00. The maximum absolute atomic E-state index is 13.8. The molecule has 2 rings (SSSR count). The standard InChI is InChI=1S/C15H17F2N3/c1-3-7-18-15-9-13(19-14(4-2)20-15)11-8-10(16)5-6-12(11)17/h5-6,8-9H,3-4,7H2,1-2H3,(H,18,19,20). The van der Waals surface area contributed by atoms with Crippen LogP contribution < -0.4 is 5.32 Å². The van der Waals surface area contributed by atoms with E-state index in [1.165, 1.54) is 0 Å². The number of aromatic nitrogens is 2. The molecular weight excluding hydrogens is 260 g/mol. The minimum Gasteiger partial charge on any atom is -0.370 e. The highest BCUT2D eigenvalue weighted by molar-refractivity contribution is 5.63. The average molecular weight is 277 g/mol. The van der Waals surface area contributed by atoms with Gasteiger partial charge in [0.05, 0.1) is 5.69 Å². The summed E-state index contributed by atoms with van der Waals surface area (Å²) in [6.07, 6.45) is 1.58. The molecule has 106 valence electrons. The molecule has 1 N–H and O–H groups in total. The Kier molecular flexibility index (Phi) is 4.61. The number of anilines is 1. The van der Waals surface area contributed by atoms with Crippen LogP contribution in [0.3, 0.4) is 0 Å². The van der Waals surface area contributed by atoms with Gasteiger partial charge in [0, 0.05) is 24.6 Å². The number of hydrogen-bond donors (Lipinski definition) is 1. The molecule has 0 saturated heterocycles. The van der Waals surface area contributed by atoms with E-state index < -0.39 is 11.6 Å². The largest absolute Gasteiger partial charge is 0.370 e. The van der Waals surface area contributed by atoms with E-state index in [1.807, 2.05) is 13.8 Å². The first-order valence-corrected chi connectivity index (χ1v) is 6.71. The molecule has 5 heteroatoms. The van der Waals surface area contributed by atoms with Crippen molar-refractivity contribution in [1.29, 1.82) is 0 Å². The van der Waals surface area contributed by atoms with Crippen LogP contribution in [0.5, 0.6) is 0 Å². The summed E-state index contributed by atoms with van der Waals surface area (Å²) in [7, 11) is 0. The average Bonchev–Trinajstić information content (AvgIpc) is 2.47. The third-order valence-electron chi connectivity index (χ3n) is 2.85. The van der Waals surface area contributed by atoms with Crippen LogP contribution in [-0.4, -0.2) is 16.5 Å². The van der Waals surface area contributed by atoms with Crippen LogP contribution in [0.1, 0.15) is 26.1 Å². The zero-order valence-electron chi connectivity index (χ0n) is 11.6. The molecule has 0 atom stereocenters. The molecule has 0 saturated carbocycles. The van der Waals surface area contributed by atoms with Crippen molar-refractivity contribution >= 4 is 5.82 Å². The second-order valence-corrected chi connectivity index (χ2v) is 4.46. The Morgan fingerprint density at radius 2 is 1.90 bits per heavy atom. The molecular formula is C15H17F2N3. The lowest BCUT2D eigenvalue weighted by atomic mass is 10.1. The molecule has 3 nitrogen and oxygen atoms in total. The minimum atomic E-state index is -0.492. The first-order chi connectivity index (χ1) is 9.63. The summed E-state index contributed by atoms with van der Waals surface area (Å²) < 4.78 is 27.1. The van der Waals surface area contributed by atoms with Gasteiger partial charge in [-0.2, -0.15) is 0 Å². The van der Waals surface area contributed by atoms with Crippen LogP contribution >= 0.6 is 0 Å². The van der Waals surface area contributed by atoms with Crippen molar-refractivity contribution < 1.29 is 8.78 Å². The normalized spacial score (nSPS) is 10.6. The second-order valence-electron chi connectivity index (χ2n) is 4.46. The number of aryl methyl sites for hydroxylation is 1. The van der Waals surface area contributed by atoms with Crippen molar-refractivity contribution in [3.63, 3.8) is 0 Å². The third kappa shape index (κ3) is 3.29. The zero-order valence-corrected chi connectivity index (χ0v) is 11.6. The summed E-state index contributed by atoms with van der Waals surface area (Å²) in [4.78, 5) is 8.60. The summed E-state index contributed by atoms with van der Waals surface area (Å²) >= 11 is 0. The Bertz CT molecular complexity index is 600. The molecule has 0 aliphatic rings. The Balaban J connectivity index is 2.46. The van der Waals surface area contributed by atoms with E-state index in [0.717, 1.165) is 31.2 Å². The third-order valence-corrected chi connectivity index (χ3v) is 2.85. The molecule has 0 spiro atoms. The van der Waals surface area contributed by atoms with Gasteiger partial charge in [0.15, 0.2) is 0 Å². The molecule has 1 heterocycles. The molecule has 0 amide bonds. The highest BCUT2D eigenvalue weighted by Crippen LogP contribution is 2.24. The van der Waals surface area contributed by atoms with Gasteiger partial charge in [0.1, 0.15) is 23.3 Å². The molecule has 0 bridgehead atoms. The second kappa shape index (κ2) is 6.41. The zero-order chi connectivity index (χ0) is 14.5. The number of halogens is 2. The van der Waals surface area contributed by atoms with Crippen molar-refractivity contribution in [3.8, 4) is 11.3 Å². The molecule has 20 heavy (non-hydrogen) atoms. The van der Waals surface area contributed by atoms with Gasteiger partial charge in [-0.1, -0.05) is 13.8 Å². The lowest BCUT2D eigenvalue weighted by Gasteiger charge is -2.09. The van der Waals surface area contributed by atoms with Crippen LogP contribution in [0.4, 0.5) is 14.6 Å². The van der Waals surface area contributed by atoms with E-state index in [0.29, 0.717) is 23.8 Å². The van der Waals surface area contributed by atoms with Crippen LogP contribution in [0.25, 0.3) is 11.3 Å². The number of nitrogens with zero attached hydrogens (tertiary/aromatic N) is 2. The molecule has 0 unspecified atom stereocenters. The highest BCUT2D eigenvalue weighted by Gasteiger charge is 2.11. The van der Waals surface area contributed by atoms with E-state index in [9.17, 15) is 8.78 Å². The van der Waals surface area contributed by atoms with E-state index in [-0.39, 0.29) is 5.56 Å². The summed E-state index contributed by atoms with van der Waals surface area (Å²) in [5.41, 5.74) is 0.550. The van der Waals surface area contributed by atoms with E-state index >= 15 is 0 Å². The van der Waals surface area contributed by atoms with Gasteiger partial charge in [-0.25, -0.2) is 18.7 Å². The summed E-state index contributed by atoms with van der Waals surface area (Å²) in [6.45, 7) is 4.73. The Hall–Kier alpha value is -2.04. The lowest BCUT2D eigenvalue weighted by molar-refractivity contribution is 0.602. The molecule has 1 aromatic heterocycles. The van der Waals surface area contributed by atoms with Crippen LogP contribution in [0.2, 0.25) is 0 Å². The predicted molar refractivity (Wildman–Crippen MR) is 75.5 cm³/mol. The Labute approximate surface area is 117 Å². The monoisotopic (exact) mass is 277 g/mol. The number of rotatable bonds is 5. The lowest BCUT2D eigenvalue weighted by Crippen LogP contribution is -2.06. The highest BCUT2D eigenvalue weighted by atomic mass is 19.1. The number of hydrogen-bond acceptors (Lipinski definition) is 3. The molecule has 0 aliphatic carbocycles. The van der Waals surface area contributed by atoms with Gasteiger partial charge in [-0.3, -0.25) is 0 Å². The molecule has 2 aromatic rings. The van der Waals surface area contributed by atoms with Gasteiger partial charge >= 0.3 is 0 Å². The van der Waals surface area contributed by atoms with Crippen molar-refractivity contribution in [3.05, 3.63) is 41.7 Å². The van der Waals surface area contributed by atoms with E-state index in [4.69, 9.17) is 0 Å². The Morgan fingerprint density at radius 3 is 2.60 bits per heavy atom. The number of benzene rings is 1. The van der Waals surface area contributed by atoms with Crippen molar-refractivity contribution in [1.82, 2.24) is 9.97 Å². The minimum absolute atomic E-state index is 0.154. The summed E-state index contributed by atoms with van der Waals surface area (Å²) in [5, 5.41) is 3.15. The topological polar surface area (TPSA) is 37.8 Å².